The molecule has 0 amide bonds. The summed E-state index contributed by atoms with van der Waals surface area (Å²) in [6.45, 7) is 7.42. The Morgan fingerprint density at radius 1 is 1.24 bits per heavy atom. The topological polar surface area (TPSA) is 38.7 Å². The second-order valence-corrected chi connectivity index (χ2v) is 6.65. The lowest BCUT2D eigenvalue weighted by Gasteiger charge is -2.16. The molecule has 0 spiro atoms. The van der Waals surface area contributed by atoms with Crippen LogP contribution in [-0.4, -0.2) is 29.2 Å². The summed E-state index contributed by atoms with van der Waals surface area (Å²) in [5.74, 6) is 6.22. The van der Waals surface area contributed by atoms with Crippen molar-refractivity contribution in [3.63, 3.8) is 0 Å². The van der Waals surface area contributed by atoms with E-state index in [1.165, 1.54) is 38.2 Å². The lowest BCUT2D eigenvalue weighted by Crippen LogP contribution is -2.22. The number of rotatable bonds is 7. The Labute approximate surface area is 128 Å². The summed E-state index contributed by atoms with van der Waals surface area (Å²) in [4.78, 5) is 0. The Bertz CT molecular complexity index is 400. The van der Waals surface area contributed by atoms with E-state index in [1.807, 2.05) is 13.8 Å². The summed E-state index contributed by atoms with van der Waals surface area (Å²) in [5, 5.41) is 9.37. The SMILES string of the molecule is C=C[C@@H](O)C#CC[C@H]1OC(C)(C)O[C@@H]1CCCCC1CC1. The Morgan fingerprint density at radius 3 is 2.57 bits per heavy atom. The number of aliphatic hydroxyl groups is 1. The van der Waals surface area contributed by atoms with Gasteiger partial charge in [0.2, 0.25) is 0 Å². The van der Waals surface area contributed by atoms with Gasteiger partial charge in [0.25, 0.3) is 0 Å². The zero-order chi connectivity index (χ0) is 15.3. The van der Waals surface area contributed by atoms with Crippen molar-refractivity contribution >= 4 is 0 Å². The zero-order valence-corrected chi connectivity index (χ0v) is 13.3. The van der Waals surface area contributed by atoms with E-state index in [0.717, 1.165) is 12.3 Å². The first-order valence-electron chi connectivity index (χ1n) is 8.15. The van der Waals surface area contributed by atoms with Crippen LogP contribution < -0.4 is 0 Å². The van der Waals surface area contributed by atoms with Gasteiger partial charge in [0, 0.05) is 6.42 Å². The van der Waals surface area contributed by atoms with E-state index in [9.17, 15) is 5.11 Å². The molecule has 118 valence electrons. The number of aliphatic hydroxyl groups excluding tert-OH is 1. The molecule has 3 heteroatoms. The molecule has 1 heterocycles. The molecule has 2 aliphatic rings. The fourth-order valence-electron chi connectivity index (χ4n) is 2.83. The minimum atomic E-state index is -0.752. The summed E-state index contributed by atoms with van der Waals surface area (Å²) in [6, 6.07) is 0. The van der Waals surface area contributed by atoms with E-state index >= 15 is 0 Å². The van der Waals surface area contributed by atoms with Crippen molar-refractivity contribution in [1.82, 2.24) is 0 Å². The van der Waals surface area contributed by atoms with Gasteiger partial charge in [-0.15, -0.1) is 0 Å². The maximum atomic E-state index is 9.37. The first kappa shape index (κ1) is 16.5. The van der Waals surface area contributed by atoms with Crippen LogP contribution in [0, 0.1) is 17.8 Å². The van der Waals surface area contributed by atoms with Gasteiger partial charge in [-0.25, -0.2) is 0 Å². The van der Waals surface area contributed by atoms with Crippen LogP contribution in [0.4, 0.5) is 0 Å². The molecule has 0 aromatic heterocycles. The lowest BCUT2D eigenvalue weighted by atomic mass is 10.0. The molecule has 1 saturated heterocycles. The Hall–Kier alpha value is -0.820. The van der Waals surface area contributed by atoms with Gasteiger partial charge in [0.15, 0.2) is 5.79 Å². The van der Waals surface area contributed by atoms with Crippen LogP contribution in [0.15, 0.2) is 12.7 Å². The van der Waals surface area contributed by atoms with Gasteiger partial charge in [-0.2, -0.15) is 0 Å². The van der Waals surface area contributed by atoms with Crippen LogP contribution in [0.2, 0.25) is 0 Å². The molecule has 2 rings (SSSR count). The number of hydrogen-bond acceptors (Lipinski definition) is 3. The van der Waals surface area contributed by atoms with Crippen LogP contribution in [0.5, 0.6) is 0 Å². The first-order chi connectivity index (χ1) is 10.00. The number of ether oxygens (including phenoxy) is 2. The molecular weight excluding hydrogens is 264 g/mol. The predicted molar refractivity (Wildman–Crippen MR) is 83.6 cm³/mol. The van der Waals surface area contributed by atoms with Crippen molar-refractivity contribution in [3.8, 4) is 11.8 Å². The molecule has 1 aliphatic carbocycles. The Kier molecular flexibility index (Phi) is 5.87. The molecule has 0 aromatic rings. The summed E-state index contributed by atoms with van der Waals surface area (Å²) >= 11 is 0. The first-order valence-corrected chi connectivity index (χ1v) is 8.15. The molecule has 2 fully saturated rings. The summed E-state index contributed by atoms with van der Waals surface area (Å²) in [7, 11) is 0. The molecule has 3 nitrogen and oxygen atoms in total. The molecule has 1 saturated carbocycles. The van der Waals surface area contributed by atoms with E-state index in [4.69, 9.17) is 9.47 Å². The van der Waals surface area contributed by atoms with Crippen molar-refractivity contribution in [1.29, 1.82) is 0 Å². The minimum Gasteiger partial charge on any atom is -0.377 e. The third kappa shape index (κ3) is 5.82. The highest BCUT2D eigenvalue weighted by molar-refractivity contribution is 5.11. The highest BCUT2D eigenvalue weighted by Gasteiger charge is 2.40. The van der Waals surface area contributed by atoms with Crippen molar-refractivity contribution in [2.45, 2.75) is 82.9 Å². The van der Waals surface area contributed by atoms with Crippen LogP contribution in [0.1, 0.15) is 58.8 Å². The second kappa shape index (κ2) is 7.45. The average Bonchev–Trinajstić information content (AvgIpc) is 3.20. The van der Waals surface area contributed by atoms with Crippen LogP contribution >= 0.6 is 0 Å². The van der Waals surface area contributed by atoms with Crippen molar-refractivity contribution in [2.75, 3.05) is 0 Å². The van der Waals surface area contributed by atoms with Gasteiger partial charge in [0.05, 0.1) is 12.2 Å². The molecule has 0 unspecified atom stereocenters. The fourth-order valence-corrected chi connectivity index (χ4v) is 2.83. The van der Waals surface area contributed by atoms with E-state index in [0.29, 0.717) is 6.42 Å². The lowest BCUT2D eigenvalue weighted by molar-refractivity contribution is -0.146. The van der Waals surface area contributed by atoms with Crippen molar-refractivity contribution in [3.05, 3.63) is 12.7 Å². The molecule has 21 heavy (non-hydrogen) atoms. The van der Waals surface area contributed by atoms with Gasteiger partial charge < -0.3 is 14.6 Å². The van der Waals surface area contributed by atoms with Crippen LogP contribution in [-0.2, 0) is 9.47 Å². The average molecular weight is 292 g/mol. The van der Waals surface area contributed by atoms with Crippen LogP contribution in [0.25, 0.3) is 0 Å². The van der Waals surface area contributed by atoms with Crippen LogP contribution in [0.3, 0.4) is 0 Å². The minimum absolute atomic E-state index is 0.00504. The second-order valence-electron chi connectivity index (χ2n) is 6.65. The fraction of sp³-hybridized carbons (Fsp3) is 0.778. The third-order valence-electron chi connectivity index (χ3n) is 4.11. The van der Waals surface area contributed by atoms with Crippen molar-refractivity contribution < 1.29 is 14.6 Å². The van der Waals surface area contributed by atoms with Crippen molar-refractivity contribution in [2.24, 2.45) is 5.92 Å². The highest BCUT2D eigenvalue weighted by Crippen LogP contribution is 2.36. The standard InChI is InChI=1S/C18H28O3/c1-4-15(19)9-7-11-17-16(20-18(2,3)21-17)10-6-5-8-14-12-13-14/h4,14-17,19H,1,5-6,8,10-13H2,2-3H3/t15-,16-,17-/m1/s1. The Morgan fingerprint density at radius 2 is 1.90 bits per heavy atom. The quantitative estimate of drug-likeness (QED) is 0.444. The van der Waals surface area contributed by atoms with E-state index in [1.54, 1.807) is 0 Å². The predicted octanol–water partition coefficient (Wildman–Crippen LogP) is 3.42. The van der Waals surface area contributed by atoms with E-state index < -0.39 is 11.9 Å². The highest BCUT2D eigenvalue weighted by atomic mass is 16.7. The summed E-state index contributed by atoms with van der Waals surface area (Å²) < 4.78 is 11.9. The molecule has 1 aliphatic heterocycles. The molecule has 0 bridgehead atoms. The van der Waals surface area contributed by atoms with Gasteiger partial charge in [-0.05, 0) is 26.2 Å². The number of hydrogen-bond donors (Lipinski definition) is 1. The number of unbranched alkanes of at least 4 members (excludes halogenated alkanes) is 1. The van der Waals surface area contributed by atoms with Gasteiger partial charge in [-0.1, -0.05) is 56.6 Å². The third-order valence-corrected chi connectivity index (χ3v) is 4.11. The maximum Gasteiger partial charge on any atom is 0.163 e. The van der Waals surface area contributed by atoms with Gasteiger partial charge in [0.1, 0.15) is 6.10 Å². The summed E-state index contributed by atoms with van der Waals surface area (Å²) in [6.07, 6.45) is 9.15. The maximum absolute atomic E-state index is 9.37. The molecule has 0 aromatic carbocycles. The summed E-state index contributed by atoms with van der Waals surface area (Å²) in [5.41, 5.74) is 0. The normalized spacial score (nSPS) is 28.7. The van der Waals surface area contributed by atoms with Gasteiger partial charge >= 0.3 is 0 Å². The molecule has 3 atom stereocenters. The zero-order valence-electron chi connectivity index (χ0n) is 13.3. The Balaban J connectivity index is 1.77. The van der Waals surface area contributed by atoms with E-state index in [-0.39, 0.29) is 12.2 Å². The monoisotopic (exact) mass is 292 g/mol. The smallest absolute Gasteiger partial charge is 0.163 e. The van der Waals surface area contributed by atoms with E-state index in [2.05, 4.69) is 18.4 Å². The largest absolute Gasteiger partial charge is 0.377 e. The molecular formula is C18H28O3. The molecule has 1 N–H and O–H groups in total. The molecule has 0 radical (unpaired) electrons. The van der Waals surface area contributed by atoms with Gasteiger partial charge in [-0.3, -0.25) is 0 Å².